The molecule has 2 heterocycles. The first-order chi connectivity index (χ1) is 17.0. The number of benzene rings is 2. The summed E-state index contributed by atoms with van der Waals surface area (Å²) in [5.74, 6) is 0.158. The summed E-state index contributed by atoms with van der Waals surface area (Å²) in [6.07, 6.45) is 1.55. The van der Waals surface area contributed by atoms with Crippen LogP contribution in [0.3, 0.4) is 0 Å². The number of aromatic nitrogens is 2. The van der Waals surface area contributed by atoms with E-state index >= 15 is 0 Å². The molecule has 0 aliphatic carbocycles. The van der Waals surface area contributed by atoms with Crippen molar-refractivity contribution in [2.75, 3.05) is 25.5 Å². The van der Waals surface area contributed by atoms with Crippen molar-refractivity contribution in [3.63, 3.8) is 0 Å². The molecule has 1 aliphatic rings. The molecule has 0 spiro atoms. The highest BCUT2D eigenvalue weighted by Crippen LogP contribution is 2.36. The molecule has 0 amide bonds. The first kappa shape index (κ1) is 25.5. The van der Waals surface area contributed by atoms with Gasteiger partial charge >= 0.3 is 0 Å². The number of azo groups is 1. The molecule has 1 aliphatic heterocycles. The van der Waals surface area contributed by atoms with Crippen molar-refractivity contribution < 1.29 is 16.8 Å². The van der Waals surface area contributed by atoms with Crippen LogP contribution in [0.5, 0.6) is 0 Å². The molecule has 0 unspecified atom stereocenters. The van der Waals surface area contributed by atoms with Crippen LogP contribution in [-0.2, 0) is 20.0 Å². The third-order valence-electron chi connectivity index (χ3n) is 5.29. The number of nitrogens with two attached hydrogens (primary N) is 4. The van der Waals surface area contributed by atoms with Gasteiger partial charge in [-0.25, -0.2) is 36.7 Å². The van der Waals surface area contributed by atoms with E-state index in [-0.39, 0.29) is 37.1 Å². The minimum absolute atomic E-state index is 0.0181. The number of rotatable bonds is 9. The van der Waals surface area contributed by atoms with E-state index in [1.807, 2.05) is 0 Å². The number of aliphatic imine (C=N–C) groups is 1. The smallest absolute Gasteiger partial charge is 0.241 e. The molecule has 14 nitrogen and oxygen atoms in total. The van der Waals surface area contributed by atoms with E-state index in [2.05, 4.69) is 29.9 Å². The minimum atomic E-state index is -4.61. The minimum Gasteiger partial charge on any atom is -0.369 e. The van der Waals surface area contributed by atoms with Crippen molar-refractivity contribution in [1.29, 1.82) is 0 Å². The number of hydrogen-bond donors (Lipinski definition) is 6. The molecule has 10 N–H and O–H groups in total. The van der Waals surface area contributed by atoms with E-state index in [9.17, 15) is 16.8 Å². The average Bonchev–Trinajstić information content (AvgIpc) is 3.53. The SMILES string of the molecule is NC[C@H](N)CNS(=O)(=O)c1ccc(-c2cccc(-c3cnc(N)[nH]3)c2)c(C2=NCN=N2)c1S(N)(=O)=O. The van der Waals surface area contributed by atoms with Gasteiger partial charge in [-0.3, -0.25) is 0 Å². The normalized spacial score (nSPS) is 14.7. The molecule has 0 fully saturated rings. The van der Waals surface area contributed by atoms with Gasteiger partial charge in [-0.1, -0.05) is 24.3 Å². The van der Waals surface area contributed by atoms with E-state index in [1.165, 1.54) is 6.07 Å². The lowest BCUT2D eigenvalue weighted by Gasteiger charge is -2.18. The van der Waals surface area contributed by atoms with Crippen LogP contribution in [0.15, 0.2) is 67.6 Å². The molecule has 0 saturated heterocycles. The summed E-state index contributed by atoms with van der Waals surface area (Å²) in [6, 6.07) is 8.93. The molecule has 0 saturated carbocycles. The summed E-state index contributed by atoms with van der Waals surface area (Å²) in [7, 11) is -8.99. The zero-order chi connectivity index (χ0) is 26.1. The van der Waals surface area contributed by atoms with Gasteiger partial charge in [-0.15, -0.1) is 5.11 Å². The van der Waals surface area contributed by atoms with Crippen LogP contribution in [0.2, 0.25) is 0 Å². The van der Waals surface area contributed by atoms with Crippen molar-refractivity contribution in [3.8, 4) is 22.4 Å². The molecule has 4 rings (SSSR count). The lowest BCUT2D eigenvalue weighted by molar-refractivity contribution is 0.563. The van der Waals surface area contributed by atoms with Gasteiger partial charge in [-0.05, 0) is 23.3 Å². The van der Waals surface area contributed by atoms with Gasteiger partial charge in [0, 0.05) is 24.7 Å². The van der Waals surface area contributed by atoms with Crippen LogP contribution >= 0.6 is 0 Å². The van der Waals surface area contributed by atoms with Crippen molar-refractivity contribution in [2.45, 2.75) is 15.8 Å². The molecule has 16 heteroatoms. The van der Waals surface area contributed by atoms with Gasteiger partial charge in [0.2, 0.25) is 20.0 Å². The van der Waals surface area contributed by atoms with Crippen LogP contribution < -0.4 is 27.1 Å². The second-order valence-corrected chi connectivity index (χ2v) is 11.1. The van der Waals surface area contributed by atoms with Crippen molar-refractivity contribution in [3.05, 3.63) is 48.2 Å². The van der Waals surface area contributed by atoms with Gasteiger partial charge in [0.05, 0.1) is 17.5 Å². The lowest BCUT2D eigenvalue weighted by Crippen LogP contribution is -2.42. The summed E-state index contributed by atoms with van der Waals surface area (Å²) in [5.41, 5.74) is 19.0. The Labute approximate surface area is 207 Å². The van der Waals surface area contributed by atoms with E-state index < -0.39 is 35.9 Å². The molecule has 36 heavy (non-hydrogen) atoms. The summed E-state index contributed by atoms with van der Waals surface area (Å²) >= 11 is 0. The number of hydrogen-bond acceptors (Lipinski definition) is 11. The fourth-order valence-corrected chi connectivity index (χ4v) is 6.29. The van der Waals surface area contributed by atoms with Crippen LogP contribution in [0.25, 0.3) is 22.4 Å². The second-order valence-electron chi connectivity index (χ2n) is 7.84. The number of nitrogens with one attached hydrogen (secondary N) is 2. The van der Waals surface area contributed by atoms with Crippen LogP contribution in [0.4, 0.5) is 5.95 Å². The van der Waals surface area contributed by atoms with E-state index in [1.54, 1.807) is 30.5 Å². The molecular formula is C20H24N10O4S2. The number of nitrogens with zero attached hydrogens (tertiary/aromatic N) is 4. The van der Waals surface area contributed by atoms with Crippen LogP contribution in [-0.4, -0.2) is 58.4 Å². The largest absolute Gasteiger partial charge is 0.369 e. The van der Waals surface area contributed by atoms with E-state index in [0.29, 0.717) is 22.4 Å². The molecular weight excluding hydrogens is 508 g/mol. The summed E-state index contributed by atoms with van der Waals surface area (Å²) in [5, 5.41) is 13.3. The zero-order valence-electron chi connectivity index (χ0n) is 18.8. The number of sulfonamides is 2. The maximum atomic E-state index is 13.1. The third-order valence-corrected chi connectivity index (χ3v) is 7.87. The van der Waals surface area contributed by atoms with Crippen LogP contribution in [0, 0.1) is 0 Å². The first-order valence-corrected chi connectivity index (χ1v) is 13.5. The average molecular weight is 533 g/mol. The number of imidazole rings is 1. The lowest BCUT2D eigenvalue weighted by atomic mass is 9.96. The maximum Gasteiger partial charge on any atom is 0.241 e. The fraction of sp³-hybridized carbons (Fsp3) is 0.200. The Hall–Kier alpha value is -3.54. The Morgan fingerprint density at radius 2 is 1.86 bits per heavy atom. The second kappa shape index (κ2) is 9.84. The molecule has 0 bridgehead atoms. The summed E-state index contributed by atoms with van der Waals surface area (Å²) in [4.78, 5) is 9.81. The number of nitrogen functional groups attached to an aromatic ring is 1. The standard InChI is InChI=1S/C20H24N10O4S2/c21-7-13(22)8-28-36(33,34)16-5-4-14(17(18(16)35(24,31)32)19-26-10-27-30-19)11-2-1-3-12(6-11)15-9-25-20(23)29-15/h1-6,9,13,28H,7-8,10,21-22H2,(H3,23,25,29)(H2,24,31,32)/t13-/m0/s1. The van der Waals surface area contributed by atoms with Gasteiger partial charge < -0.3 is 22.2 Å². The first-order valence-electron chi connectivity index (χ1n) is 10.5. The topological polar surface area (TPSA) is 250 Å². The third kappa shape index (κ3) is 5.18. The highest BCUT2D eigenvalue weighted by Gasteiger charge is 2.32. The Kier molecular flexibility index (Phi) is 6.98. The van der Waals surface area contributed by atoms with Gasteiger partial charge in [0.15, 0.2) is 18.5 Å². The predicted octanol–water partition coefficient (Wildman–Crippen LogP) is -0.292. The number of H-pyrrole nitrogens is 1. The highest BCUT2D eigenvalue weighted by atomic mass is 32.2. The molecule has 3 aromatic rings. The molecule has 2 aromatic carbocycles. The molecule has 190 valence electrons. The van der Waals surface area contributed by atoms with Crippen LogP contribution in [0.1, 0.15) is 5.56 Å². The fourth-order valence-electron chi connectivity index (χ4n) is 3.59. The van der Waals surface area contributed by atoms with Gasteiger partial charge in [0.1, 0.15) is 9.79 Å². The summed E-state index contributed by atoms with van der Waals surface area (Å²) < 4.78 is 54.2. The Morgan fingerprint density at radius 3 is 2.47 bits per heavy atom. The number of aromatic amines is 1. The van der Waals surface area contributed by atoms with Crippen molar-refractivity contribution >= 4 is 31.8 Å². The molecule has 1 atom stereocenters. The predicted molar refractivity (Wildman–Crippen MR) is 134 cm³/mol. The highest BCUT2D eigenvalue weighted by molar-refractivity contribution is 7.92. The Bertz CT molecular complexity index is 1580. The molecule has 0 radical (unpaired) electrons. The van der Waals surface area contributed by atoms with Crippen molar-refractivity contribution in [2.24, 2.45) is 31.8 Å². The van der Waals surface area contributed by atoms with Gasteiger partial charge in [0.25, 0.3) is 0 Å². The van der Waals surface area contributed by atoms with Gasteiger partial charge in [-0.2, -0.15) is 5.11 Å². The maximum absolute atomic E-state index is 13.1. The molecule has 1 aromatic heterocycles. The Balaban J connectivity index is 1.96. The Morgan fingerprint density at radius 1 is 1.11 bits per heavy atom. The number of anilines is 1. The zero-order valence-corrected chi connectivity index (χ0v) is 20.4. The van der Waals surface area contributed by atoms with E-state index in [4.69, 9.17) is 22.3 Å². The quantitative estimate of drug-likeness (QED) is 0.213. The number of amidine groups is 1. The van der Waals surface area contributed by atoms with Crippen molar-refractivity contribution in [1.82, 2.24) is 14.7 Å². The van der Waals surface area contributed by atoms with E-state index in [0.717, 1.165) is 6.07 Å². The monoisotopic (exact) mass is 532 g/mol. The number of primary sulfonamides is 1. The summed E-state index contributed by atoms with van der Waals surface area (Å²) in [6.45, 7) is -0.243.